The summed E-state index contributed by atoms with van der Waals surface area (Å²) in [5.41, 5.74) is 3.57. The molecule has 1 aromatic carbocycles. The molecule has 0 atom stereocenters. The van der Waals surface area contributed by atoms with E-state index in [1.54, 1.807) is 13.8 Å². The predicted octanol–water partition coefficient (Wildman–Crippen LogP) is 2.74. The van der Waals surface area contributed by atoms with E-state index < -0.39 is 38.4 Å². The van der Waals surface area contributed by atoms with E-state index in [4.69, 9.17) is 5.73 Å². The molecule has 0 heterocycles. The number of nitrogens with one attached hydrogen (secondary N) is 1. The topological polar surface area (TPSA) is 72.2 Å². The third-order valence-corrected chi connectivity index (χ3v) is 4.40. The van der Waals surface area contributed by atoms with Crippen LogP contribution in [-0.4, -0.2) is 14.5 Å². The molecular weight excluding hydrogens is 349 g/mol. The van der Waals surface area contributed by atoms with E-state index in [9.17, 15) is 21.6 Å². The molecule has 0 saturated heterocycles. The summed E-state index contributed by atoms with van der Waals surface area (Å²) >= 11 is 2.83. The van der Waals surface area contributed by atoms with Crippen molar-refractivity contribution in [1.82, 2.24) is 4.72 Å². The van der Waals surface area contributed by atoms with Gasteiger partial charge in [-0.05, 0) is 41.9 Å². The summed E-state index contributed by atoms with van der Waals surface area (Å²) in [4.78, 5) is -0.491. The average molecular weight is 361 g/mol. The summed E-state index contributed by atoms with van der Waals surface area (Å²) in [6.45, 7) is 3.13. The number of nitrogen functional groups attached to an aromatic ring is 1. The Hall–Kier alpha value is -0.800. The summed E-state index contributed by atoms with van der Waals surface area (Å²) in [7, 11) is -4.02. The van der Waals surface area contributed by atoms with Crippen molar-refractivity contribution in [3.8, 4) is 0 Å². The van der Waals surface area contributed by atoms with Crippen LogP contribution in [0.25, 0.3) is 0 Å². The van der Waals surface area contributed by atoms with Crippen molar-refractivity contribution in [3.63, 3.8) is 0 Å². The highest BCUT2D eigenvalue weighted by Gasteiger charge is 2.35. The van der Waals surface area contributed by atoms with Crippen LogP contribution in [0.5, 0.6) is 0 Å². The zero-order valence-corrected chi connectivity index (χ0v) is 12.4. The molecule has 4 nitrogen and oxygen atoms in total. The van der Waals surface area contributed by atoms with Gasteiger partial charge in [0.1, 0.15) is 0 Å². The van der Waals surface area contributed by atoms with Gasteiger partial charge in [-0.25, -0.2) is 13.1 Å². The van der Waals surface area contributed by atoms with E-state index in [0.717, 1.165) is 6.07 Å². The fourth-order valence-corrected chi connectivity index (χ4v) is 3.28. The molecule has 0 fully saturated rings. The molecule has 0 aliphatic heterocycles. The third kappa shape index (κ3) is 3.83. The Labute approximate surface area is 117 Å². The van der Waals surface area contributed by atoms with Gasteiger partial charge in [-0.3, -0.25) is 0 Å². The summed E-state index contributed by atoms with van der Waals surface area (Å²) < 4.78 is 64.0. The SMILES string of the molecule is CC(C)NS(=O)(=O)c1cc(Br)c(N)c(C(F)(F)F)c1. The Morgan fingerprint density at radius 1 is 1.32 bits per heavy atom. The first kappa shape index (κ1) is 16.3. The molecule has 0 saturated carbocycles. The van der Waals surface area contributed by atoms with Gasteiger partial charge in [-0.15, -0.1) is 0 Å². The number of hydrogen-bond donors (Lipinski definition) is 2. The minimum Gasteiger partial charge on any atom is -0.397 e. The Bertz CT molecular complexity index is 585. The van der Waals surface area contributed by atoms with Crippen LogP contribution < -0.4 is 10.5 Å². The van der Waals surface area contributed by atoms with E-state index in [0.29, 0.717) is 6.07 Å². The van der Waals surface area contributed by atoms with Crippen LogP contribution in [0.15, 0.2) is 21.5 Å². The third-order valence-electron chi connectivity index (χ3n) is 2.11. The molecule has 0 radical (unpaired) electrons. The zero-order valence-electron chi connectivity index (χ0n) is 10.0. The van der Waals surface area contributed by atoms with Gasteiger partial charge in [0.2, 0.25) is 10.0 Å². The number of alkyl halides is 3. The van der Waals surface area contributed by atoms with Crippen molar-refractivity contribution in [3.05, 3.63) is 22.2 Å². The number of hydrogen-bond acceptors (Lipinski definition) is 3. The van der Waals surface area contributed by atoms with Gasteiger partial charge < -0.3 is 5.73 Å². The summed E-state index contributed by atoms with van der Waals surface area (Å²) in [6.07, 6.45) is -4.73. The molecule has 1 rings (SSSR count). The maximum absolute atomic E-state index is 12.7. The quantitative estimate of drug-likeness (QED) is 0.814. The molecule has 0 aliphatic carbocycles. The minimum atomic E-state index is -4.73. The lowest BCUT2D eigenvalue weighted by Crippen LogP contribution is -2.30. The maximum atomic E-state index is 12.7. The highest BCUT2D eigenvalue weighted by Crippen LogP contribution is 2.38. The average Bonchev–Trinajstić information content (AvgIpc) is 2.17. The normalized spacial score (nSPS) is 13.0. The van der Waals surface area contributed by atoms with Gasteiger partial charge in [0.25, 0.3) is 0 Å². The molecule has 108 valence electrons. The molecule has 3 N–H and O–H groups in total. The number of sulfonamides is 1. The van der Waals surface area contributed by atoms with Crippen LogP contribution in [0.2, 0.25) is 0 Å². The van der Waals surface area contributed by atoms with E-state index in [1.807, 2.05) is 0 Å². The minimum absolute atomic E-state index is 0.119. The summed E-state index contributed by atoms with van der Waals surface area (Å²) in [5.74, 6) is 0. The van der Waals surface area contributed by atoms with Crippen LogP contribution in [-0.2, 0) is 16.2 Å². The first-order valence-electron chi connectivity index (χ1n) is 5.13. The fraction of sp³-hybridized carbons (Fsp3) is 0.400. The highest BCUT2D eigenvalue weighted by molar-refractivity contribution is 9.10. The summed E-state index contributed by atoms with van der Waals surface area (Å²) in [5, 5.41) is 0. The molecule has 1 aromatic rings. The molecule has 0 unspecified atom stereocenters. The number of nitrogens with two attached hydrogens (primary N) is 1. The molecule has 0 amide bonds. The van der Waals surface area contributed by atoms with Crippen molar-refractivity contribution in [1.29, 1.82) is 0 Å². The van der Waals surface area contributed by atoms with E-state index in [2.05, 4.69) is 20.7 Å². The molecule has 0 spiro atoms. The van der Waals surface area contributed by atoms with E-state index in [1.165, 1.54) is 0 Å². The molecule has 0 aliphatic rings. The Balaban J connectivity index is 3.45. The second kappa shape index (κ2) is 5.29. The van der Waals surface area contributed by atoms with Gasteiger partial charge in [0.05, 0.1) is 16.1 Å². The lowest BCUT2D eigenvalue weighted by molar-refractivity contribution is -0.137. The van der Waals surface area contributed by atoms with Gasteiger partial charge in [-0.1, -0.05) is 0 Å². The van der Waals surface area contributed by atoms with Crippen LogP contribution in [0.3, 0.4) is 0 Å². The molecule has 0 bridgehead atoms. The van der Waals surface area contributed by atoms with E-state index in [-0.39, 0.29) is 4.47 Å². The van der Waals surface area contributed by atoms with Crippen molar-refractivity contribution >= 4 is 31.6 Å². The van der Waals surface area contributed by atoms with Crippen LogP contribution >= 0.6 is 15.9 Å². The highest BCUT2D eigenvalue weighted by atomic mass is 79.9. The molecule has 9 heteroatoms. The number of halogens is 4. The first-order chi connectivity index (χ1) is 8.45. The van der Waals surface area contributed by atoms with Crippen molar-refractivity contribution in [2.24, 2.45) is 0 Å². The van der Waals surface area contributed by atoms with Gasteiger partial charge >= 0.3 is 6.18 Å². The Morgan fingerprint density at radius 3 is 2.26 bits per heavy atom. The molecular formula is C10H12BrF3N2O2S. The van der Waals surface area contributed by atoms with E-state index >= 15 is 0 Å². The Morgan fingerprint density at radius 2 is 1.84 bits per heavy atom. The van der Waals surface area contributed by atoms with Gasteiger partial charge in [0, 0.05) is 10.5 Å². The monoisotopic (exact) mass is 360 g/mol. The zero-order chi connectivity index (χ0) is 15.0. The lowest BCUT2D eigenvalue weighted by atomic mass is 10.2. The summed E-state index contributed by atoms with van der Waals surface area (Å²) in [6, 6.07) is 1.12. The van der Waals surface area contributed by atoms with Crippen LogP contribution in [0, 0.1) is 0 Å². The fourth-order valence-electron chi connectivity index (χ4n) is 1.36. The van der Waals surface area contributed by atoms with Crippen LogP contribution in [0.4, 0.5) is 18.9 Å². The van der Waals surface area contributed by atoms with Crippen molar-refractivity contribution in [2.75, 3.05) is 5.73 Å². The smallest absolute Gasteiger partial charge is 0.397 e. The molecule has 19 heavy (non-hydrogen) atoms. The van der Waals surface area contributed by atoms with Crippen molar-refractivity contribution in [2.45, 2.75) is 31.0 Å². The van der Waals surface area contributed by atoms with Gasteiger partial charge in [-0.2, -0.15) is 13.2 Å². The van der Waals surface area contributed by atoms with Crippen LogP contribution in [0.1, 0.15) is 19.4 Å². The maximum Gasteiger partial charge on any atom is 0.418 e. The number of benzene rings is 1. The van der Waals surface area contributed by atoms with Crippen molar-refractivity contribution < 1.29 is 21.6 Å². The molecule has 0 aromatic heterocycles. The standard InChI is InChI=1S/C10H12BrF3N2O2S/c1-5(2)16-19(17,18)6-3-7(10(12,13)14)9(15)8(11)4-6/h3-5,16H,15H2,1-2H3. The second-order valence-corrected chi connectivity index (χ2v) is 6.71. The lowest BCUT2D eigenvalue weighted by Gasteiger charge is -2.15. The number of anilines is 1. The Kier molecular flexibility index (Phi) is 4.53. The first-order valence-corrected chi connectivity index (χ1v) is 7.41. The van der Waals surface area contributed by atoms with Gasteiger partial charge in [0.15, 0.2) is 0 Å². The second-order valence-electron chi connectivity index (χ2n) is 4.14. The predicted molar refractivity (Wildman–Crippen MR) is 69.0 cm³/mol. The largest absolute Gasteiger partial charge is 0.418 e. The number of rotatable bonds is 3.